The van der Waals surface area contributed by atoms with Crippen LogP contribution in [0.3, 0.4) is 0 Å². The van der Waals surface area contributed by atoms with Crippen LogP contribution in [0.4, 0.5) is 0 Å². The molecule has 0 saturated heterocycles. The largest absolute Gasteiger partial charge is 0.395 e. The summed E-state index contributed by atoms with van der Waals surface area (Å²) < 4.78 is 0. The molecule has 0 unspecified atom stereocenters. The first-order chi connectivity index (χ1) is 6.20. The molecule has 0 aromatic heterocycles. The summed E-state index contributed by atoms with van der Waals surface area (Å²) in [5.74, 6) is -0.328. The topological polar surface area (TPSA) is 77.8 Å². The van der Waals surface area contributed by atoms with Crippen molar-refractivity contribution in [2.24, 2.45) is 5.41 Å². The van der Waals surface area contributed by atoms with E-state index >= 15 is 0 Å². The van der Waals surface area contributed by atoms with E-state index in [2.05, 4.69) is 0 Å². The molecule has 0 aromatic rings. The summed E-state index contributed by atoms with van der Waals surface area (Å²) in [4.78, 5) is 11.6. The van der Waals surface area contributed by atoms with Crippen molar-refractivity contribution in [2.75, 3.05) is 19.8 Å². The van der Waals surface area contributed by atoms with Crippen LogP contribution in [0.15, 0.2) is 11.6 Å². The van der Waals surface area contributed by atoms with Crippen LogP contribution in [0, 0.1) is 5.41 Å². The Morgan fingerprint density at radius 2 is 1.92 bits per heavy atom. The normalized spacial score (nSPS) is 21.5. The van der Waals surface area contributed by atoms with Gasteiger partial charge < -0.3 is 15.3 Å². The van der Waals surface area contributed by atoms with E-state index in [1.54, 1.807) is 6.08 Å². The van der Waals surface area contributed by atoms with Crippen molar-refractivity contribution in [3.63, 3.8) is 0 Å². The molecule has 4 heteroatoms. The first-order valence-corrected chi connectivity index (χ1v) is 4.26. The molecule has 1 aliphatic carbocycles. The predicted octanol–water partition coefficient (Wildman–Crippen LogP) is -0.761. The minimum Gasteiger partial charge on any atom is -0.395 e. The zero-order valence-corrected chi connectivity index (χ0v) is 7.36. The van der Waals surface area contributed by atoms with Crippen LogP contribution in [0.2, 0.25) is 0 Å². The molecule has 0 aliphatic heterocycles. The summed E-state index contributed by atoms with van der Waals surface area (Å²) >= 11 is 0. The highest BCUT2D eigenvalue weighted by Gasteiger charge is 2.40. The van der Waals surface area contributed by atoms with Gasteiger partial charge in [-0.2, -0.15) is 0 Å². The first kappa shape index (κ1) is 10.4. The minimum absolute atomic E-state index is 0.300. The highest BCUT2D eigenvalue weighted by molar-refractivity contribution is 6.01. The summed E-state index contributed by atoms with van der Waals surface area (Å²) in [6.45, 7) is -1.04. The number of hydrogen-bond acceptors (Lipinski definition) is 4. The van der Waals surface area contributed by atoms with E-state index in [1.165, 1.54) is 0 Å². The summed E-state index contributed by atoms with van der Waals surface area (Å²) in [5, 5.41) is 26.9. The van der Waals surface area contributed by atoms with Crippen LogP contribution in [0.5, 0.6) is 0 Å². The van der Waals surface area contributed by atoms with Gasteiger partial charge in [-0.05, 0) is 12.8 Å². The van der Waals surface area contributed by atoms with Crippen molar-refractivity contribution < 1.29 is 20.1 Å². The summed E-state index contributed by atoms with van der Waals surface area (Å²) in [6, 6.07) is 0. The van der Waals surface area contributed by atoms with Gasteiger partial charge in [0.25, 0.3) is 0 Å². The lowest BCUT2D eigenvalue weighted by Gasteiger charge is -2.31. The van der Waals surface area contributed by atoms with E-state index in [-0.39, 0.29) is 25.6 Å². The summed E-state index contributed by atoms with van der Waals surface area (Å²) in [7, 11) is 0. The SMILES string of the molecule is O=C1C(CO)=CCCC1(CO)CO. The molecule has 13 heavy (non-hydrogen) atoms. The second-order valence-corrected chi connectivity index (χ2v) is 3.35. The second kappa shape index (κ2) is 4.00. The van der Waals surface area contributed by atoms with Gasteiger partial charge in [0.05, 0.1) is 25.2 Å². The van der Waals surface area contributed by atoms with Crippen LogP contribution in [0.1, 0.15) is 12.8 Å². The average Bonchev–Trinajstić information content (AvgIpc) is 2.19. The Hall–Kier alpha value is -0.710. The Balaban J connectivity index is 2.92. The first-order valence-electron chi connectivity index (χ1n) is 4.26. The summed E-state index contributed by atoms with van der Waals surface area (Å²) in [6.07, 6.45) is 2.72. The second-order valence-electron chi connectivity index (χ2n) is 3.35. The maximum atomic E-state index is 11.6. The quantitative estimate of drug-likeness (QED) is 0.541. The number of rotatable bonds is 3. The van der Waals surface area contributed by atoms with Crippen molar-refractivity contribution in [1.82, 2.24) is 0 Å². The van der Waals surface area contributed by atoms with Gasteiger partial charge in [0.1, 0.15) is 0 Å². The molecule has 1 aliphatic rings. The van der Waals surface area contributed by atoms with Crippen LogP contribution in [-0.2, 0) is 4.79 Å². The molecule has 0 atom stereocenters. The highest BCUT2D eigenvalue weighted by Crippen LogP contribution is 2.31. The predicted molar refractivity (Wildman–Crippen MR) is 46.0 cm³/mol. The molecule has 0 saturated carbocycles. The summed E-state index contributed by atoms with van der Waals surface area (Å²) in [5.41, 5.74) is -0.762. The van der Waals surface area contributed by atoms with E-state index < -0.39 is 5.41 Å². The van der Waals surface area contributed by atoms with Crippen LogP contribution >= 0.6 is 0 Å². The number of allylic oxidation sites excluding steroid dienone is 1. The molecule has 0 radical (unpaired) electrons. The highest BCUT2D eigenvalue weighted by atomic mass is 16.3. The van der Waals surface area contributed by atoms with Gasteiger partial charge >= 0.3 is 0 Å². The molecule has 0 spiro atoms. The van der Waals surface area contributed by atoms with E-state index in [1.807, 2.05) is 0 Å². The van der Waals surface area contributed by atoms with Gasteiger partial charge in [-0.15, -0.1) is 0 Å². The van der Waals surface area contributed by atoms with Crippen molar-refractivity contribution in [3.8, 4) is 0 Å². The fraction of sp³-hybridized carbons (Fsp3) is 0.667. The van der Waals surface area contributed by atoms with E-state index in [0.29, 0.717) is 18.4 Å². The molecule has 1 rings (SSSR count). The monoisotopic (exact) mass is 186 g/mol. The Bertz CT molecular complexity index is 228. The fourth-order valence-corrected chi connectivity index (χ4v) is 1.56. The van der Waals surface area contributed by atoms with E-state index in [0.717, 1.165) is 0 Å². The minimum atomic E-state index is -1.06. The van der Waals surface area contributed by atoms with Crippen LogP contribution in [0.25, 0.3) is 0 Å². The lowest BCUT2D eigenvalue weighted by molar-refractivity contribution is -0.131. The van der Waals surface area contributed by atoms with Crippen LogP contribution in [-0.4, -0.2) is 40.9 Å². The molecule has 0 amide bonds. The maximum Gasteiger partial charge on any atom is 0.171 e. The zero-order valence-electron chi connectivity index (χ0n) is 7.36. The maximum absolute atomic E-state index is 11.6. The standard InChI is InChI=1S/C9H14O4/c10-4-7-2-1-3-9(5-11,6-12)8(7)13/h2,10-12H,1,3-6H2. The molecule has 0 bridgehead atoms. The number of carbonyl (C=O) groups excluding carboxylic acids is 1. The van der Waals surface area contributed by atoms with Gasteiger partial charge in [0.15, 0.2) is 5.78 Å². The number of carbonyl (C=O) groups is 1. The third-order valence-corrected chi connectivity index (χ3v) is 2.56. The van der Waals surface area contributed by atoms with E-state index in [4.69, 9.17) is 15.3 Å². The Labute approximate surface area is 76.5 Å². The average molecular weight is 186 g/mol. The van der Waals surface area contributed by atoms with Crippen molar-refractivity contribution >= 4 is 5.78 Å². The van der Waals surface area contributed by atoms with E-state index in [9.17, 15) is 4.79 Å². The third kappa shape index (κ3) is 1.65. The lowest BCUT2D eigenvalue weighted by atomic mass is 9.74. The lowest BCUT2D eigenvalue weighted by Crippen LogP contribution is -2.42. The smallest absolute Gasteiger partial charge is 0.171 e. The molecule has 3 N–H and O–H groups in total. The fourth-order valence-electron chi connectivity index (χ4n) is 1.56. The zero-order chi connectivity index (χ0) is 9.90. The number of aliphatic hydroxyl groups is 3. The van der Waals surface area contributed by atoms with Crippen molar-refractivity contribution in [3.05, 3.63) is 11.6 Å². The van der Waals surface area contributed by atoms with Crippen molar-refractivity contribution in [1.29, 1.82) is 0 Å². The van der Waals surface area contributed by atoms with Gasteiger partial charge in [-0.1, -0.05) is 6.08 Å². The molecule has 74 valence electrons. The van der Waals surface area contributed by atoms with Gasteiger partial charge in [-0.25, -0.2) is 0 Å². The molecule has 0 heterocycles. The molecular formula is C9H14O4. The molecular weight excluding hydrogens is 172 g/mol. The third-order valence-electron chi connectivity index (χ3n) is 2.56. The Morgan fingerprint density at radius 3 is 2.38 bits per heavy atom. The number of ketones is 1. The molecule has 0 aromatic carbocycles. The Morgan fingerprint density at radius 1 is 1.31 bits per heavy atom. The van der Waals surface area contributed by atoms with Gasteiger partial charge in [0, 0.05) is 5.57 Å². The molecule has 0 fully saturated rings. The van der Waals surface area contributed by atoms with Crippen LogP contribution < -0.4 is 0 Å². The molecule has 4 nitrogen and oxygen atoms in total. The number of aliphatic hydroxyl groups excluding tert-OH is 3. The Kier molecular flexibility index (Phi) is 3.19. The van der Waals surface area contributed by atoms with Gasteiger partial charge in [0.2, 0.25) is 0 Å². The van der Waals surface area contributed by atoms with Gasteiger partial charge in [-0.3, -0.25) is 4.79 Å². The van der Waals surface area contributed by atoms with Crippen molar-refractivity contribution in [2.45, 2.75) is 12.8 Å². The number of Topliss-reactive ketones (excluding diaryl/α,β-unsaturated/α-hetero) is 1. The number of hydrogen-bond donors (Lipinski definition) is 3.